The fourth-order valence-corrected chi connectivity index (χ4v) is 1.18. The average Bonchev–Trinajstić information content (AvgIpc) is 2.29. The van der Waals surface area contributed by atoms with Crippen LogP contribution in [0.2, 0.25) is 0 Å². The molecule has 1 aromatic rings. The lowest BCUT2D eigenvalue weighted by Gasteiger charge is -2.09. The van der Waals surface area contributed by atoms with E-state index in [-0.39, 0.29) is 12.3 Å². The number of benzene rings is 1. The summed E-state index contributed by atoms with van der Waals surface area (Å²) in [5.74, 6) is 0.354. The Bertz CT molecular complexity index is 368. The number of hydrogen-bond donors (Lipinski definition) is 2. The summed E-state index contributed by atoms with van der Waals surface area (Å²) in [7, 11) is 1.78. The average molecular weight is 226 g/mol. The van der Waals surface area contributed by atoms with Crippen LogP contribution in [-0.2, 0) is 6.61 Å². The van der Waals surface area contributed by atoms with Crippen LogP contribution in [0.1, 0.15) is 5.56 Å². The highest BCUT2D eigenvalue weighted by atomic mass is 16.6. The molecule has 16 heavy (non-hydrogen) atoms. The summed E-state index contributed by atoms with van der Waals surface area (Å²) < 4.78 is 5.33. The molecule has 0 radical (unpaired) electrons. The van der Waals surface area contributed by atoms with E-state index in [0.717, 1.165) is 0 Å². The molecule has 0 fully saturated rings. The second-order valence-electron chi connectivity index (χ2n) is 3.16. The fraction of sp³-hybridized carbons (Fsp3) is 0.400. The van der Waals surface area contributed by atoms with Crippen molar-refractivity contribution in [2.24, 2.45) is 0 Å². The monoisotopic (exact) mass is 226 g/mol. The van der Waals surface area contributed by atoms with Crippen molar-refractivity contribution in [1.29, 1.82) is 0 Å². The highest BCUT2D eigenvalue weighted by Crippen LogP contribution is 2.24. The van der Waals surface area contributed by atoms with Crippen molar-refractivity contribution >= 4 is 5.69 Å². The van der Waals surface area contributed by atoms with Crippen LogP contribution >= 0.6 is 0 Å². The third-order valence-electron chi connectivity index (χ3n) is 2.04. The molecule has 88 valence electrons. The zero-order chi connectivity index (χ0) is 12.0. The van der Waals surface area contributed by atoms with Gasteiger partial charge in [0.2, 0.25) is 0 Å². The Balaban J connectivity index is 2.84. The number of rotatable bonds is 6. The molecule has 0 saturated carbocycles. The zero-order valence-electron chi connectivity index (χ0n) is 8.97. The summed E-state index contributed by atoms with van der Waals surface area (Å²) in [6.45, 7) is 0.825. The Labute approximate surface area is 93.0 Å². The molecular formula is C10H14N2O4. The van der Waals surface area contributed by atoms with E-state index in [1.807, 2.05) is 0 Å². The van der Waals surface area contributed by atoms with Crippen molar-refractivity contribution in [3.05, 3.63) is 33.9 Å². The Kier molecular flexibility index (Phi) is 4.68. The normalized spacial score (nSPS) is 10.1. The minimum atomic E-state index is -0.494. The molecule has 2 N–H and O–H groups in total. The lowest BCUT2D eigenvalue weighted by molar-refractivity contribution is -0.385. The van der Waals surface area contributed by atoms with E-state index in [2.05, 4.69) is 5.32 Å². The number of aliphatic hydroxyl groups is 1. The van der Waals surface area contributed by atoms with Crippen LogP contribution in [-0.4, -0.2) is 30.2 Å². The maximum atomic E-state index is 10.6. The topological polar surface area (TPSA) is 84.6 Å². The van der Waals surface area contributed by atoms with Gasteiger partial charge in [-0.2, -0.15) is 0 Å². The van der Waals surface area contributed by atoms with Crippen molar-refractivity contribution in [2.75, 3.05) is 20.2 Å². The highest BCUT2D eigenvalue weighted by molar-refractivity contribution is 5.44. The van der Waals surface area contributed by atoms with Gasteiger partial charge in [-0.15, -0.1) is 0 Å². The molecule has 0 aliphatic heterocycles. The Hall–Kier alpha value is -1.66. The first-order valence-electron chi connectivity index (χ1n) is 4.84. The Morgan fingerprint density at radius 3 is 2.88 bits per heavy atom. The van der Waals surface area contributed by atoms with Gasteiger partial charge in [-0.25, -0.2) is 0 Å². The molecule has 1 rings (SSSR count). The number of aliphatic hydroxyl groups excluding tert-OH is 1. The second kappa shape index (κ2) is 6.04. The molecule has 0 unspecified atom stereocenters. The van der Waals surface area contributed by atoms with Crippen molar-refractivity contribution in [1.82, 2.24) is 5.32 Å². The first kappa shape index (κ1) is 12.4. The van der Waals surface area contributed by atoms with Crippen LogP contribution in [0, 0.1) is 10.1 Å². The smallest absolute Gasteiger partial charge is 0.273 e. The van der Waals surface area contributed by atoms with Gasteiger partial charge in [0, 0.05) is 18.2 Å². The largest absolute Gasteiger partial charge is 0.492 e. The van der Waals surface area contributed by atoms with Gasteiger partial charge in [0.1, 0.15) is 12.4 Å². The number of likely N-dealkylation sites (N-methyl/N-ethyl adjacent to an activating group) is 1. The number of hydrogen-bond acceptors (Lipinski definition) is 5. The highest BCUT2D eigenvalue weighted by Gasteiger charge is 2.11. The van der Waals surface area contributed by atoms with Crippen LogP contribution in [0.25, 0.3) is 0 Å². The number of nitrogens with zero attached hydrogens (tertiary/aromatic N) is 1. The second-order valence-corrected chi connectivity index (χ2v) is 3.16. The lowest BCUT2D eigenvalue weighted by Crippen LogP contribution is -2.16. The summed E-state index contributed by atoms with van der Waals surface area (Å²) in [6, 6.07) is 4.16. The van der Waals surface area contributed by atoms with E-state index in [0.29, 0.717) is 24.5 Å². The van der Waals surface area contributed by atoms with E-state index < -0.39 is 4.92 Å². The predicted molar refractivity (Wildman–Crippen MR) is 58.4 cm³/mol. The predicted octanol–water partition coefficient (Wildman–Crippen LogP) is 0.685. The molecule has 0 amide bonds. The molecule has 0 heterocycles. The summed E-state index contributed by atoms with van der Waals surface area (Å²) in [5, 5.41) is 22.5. The standard InChI is InChI=1S/C10H14N2O4/c1-11-4-5-16-10-6-9(12(14)15)3-2-8(10)7-13/h2-3,6,11,13H,4-5,7H2,1H3. The molecule has 0 saturated heterocycles. The van der Waals surface area contributed by atoms with E-state index >= 15 is 0 Å². The van der Waals surface area contributed by atoms with Gasteiger partial charge in [0.05, 0.1) is 17.6 Å². The molecule has 0 spiro atoms. The minimum absolute atomic E-state index is 0.0448. The van der Waals surface area contributed by atoms with Gasteiger partial charge >= 0.3 is 0 Å². The molecule has 6 heteroatoms. The lowest BCUT2D eigenvalue weighted by atomic mass is 10.2. The zero-order valence-corrected chi connectivity index (χ0v) is 8.97. The number of nitrogens with one attached hydrogen (secondary N) is 1. The maximum absolute atomic E-state index is 10.6. The third kappa shape index (κ3) is 3.18. The quantitative estimate of drug-likeness (QED) is 0.423. The fourth-order valence-electron chi connectivity index (χ4n) is 1.18. The van der Waals surface area contributed by atoms with Crippen molar-refractivity contribution in [2.45, 2.75) is 6.61 Å². The van der Waals surface area contributed by atoms with Crippen molar-refractivity contribution in [3.8, 4) is 5.75 Å². The van der Waals surface area contributed by atoms with E-state index in [1.165, 1.54) is 18.2 Å². The first-order chi connectivity index (χ1) is 7.69. The van der Waals surface area contributed by atoms with Crippen molar-refractivity contribution in [3.63, 3.8) is 0 Å². The van der Waals surface area contributed by atoms with Crippen molar-refractivity contribution < 1.29 is 14.8 Å². The molecule has 0 aliphatic carbocycles. The SMILES string of the molecule is CNCCOc1cc([N+](=O)[O-])ccc1CO. The summed E-state index contributed by atoms with van der Waals surface area (Å²) in [6.07, 6.45) is 0. The molecule has 0 bridgehead atoms. The van der Waals surface area contributed by atoms with Gasteiger partial charge in [-0.1, -0.05) is 0 Å². The Morgan fingerprint density at radius 1 is 1.56 bits per heavy atom. The van der Waals surface area contributed by atoms with Crippen LogP contribution in [0.15, 0.2) is 18.2 Å². The molecule has 0 aliphatic rings. The summed E-state index contributed by atoms with van der Waals surface area (Å²) >= 11 is 0. The van der Waals surface area contributed by atoms with Crippen LogP contribution in [0.4, 0.5) is 5.69 Å². The summed E-state index contributed by atoms with van der Waals surface area (Å²) in [4.78, 5) is 10.1. The van der Waals surface area contributed by atoms with Gasteiger partial charge in [0.25, 0.3) is 5.69 Å². The number of nitro groups is 1. The Morgan fingerprint density at radius 2 is 2.31 bits per heavy atom. The molecule has 0 aromatic heterocycles. The first-order valence-corrected chi connectivity index (χ1v) is 4.84. The van der Waals surface area contributed by atoms with Crippen LogP contribution in [0.5, 0.6) is 5.75 Å². The van der Waals surface area contributed by atoms with Gasteiger partial charge in [-0.3, -0.25) is 10.1 Å². The van der Waals surface area contributed by atoms with Gasteiger partial charge < -0.3 is 15.2 Å². The number of ether oxygens (including phenoxy) is 1. The minimum Gasteiger partial charge on any atom is -0.492 e. The molecule has 0 atom stereocenters. The third-order valence-corrected chi connectivity index (χ3v) is 2.04. The summed E-state index contributed by atoms with van der Waals surface area (Å²) in [5.41, 5.74) is 0.498. The van der Waals surface area contributed by atoms with E-state index in [4.69, 9.17) is 9.84 Å². The van der Waals surface area contributed by atoms with Crippen LogP contribution < -0.4 is 10.1 Å². The van der Waals surface area contributed by atoms with E-state index in [1.54, 1.807) is 7.05 Å². The molecular weight excluding hydrogens is 212 g/mol. The van der Waals surface area contributed by atoms with Crippen LogP contribution in [0.3, 0.4) is 0 Å². The number of nitro benzene ring substituents is 1. The van der Waals surface area contributed by atoms with Gasteiger partial charge in [0.15, 0.2) is 0 Å². The maximum Gasteiger partial charge on any atom is 0.273 e. The number of non-ortho nitro benzene ring substituents is 1. The molecule has 1 aromatic carbocycles. The molecule has 6 nitrogen and oxygen atoms in total. The van der Waals surface area contributed by atoms with E-state index in [9.17, 15) is 10.1 Å². The van der Waals surface area contributed by atoms with Gasteiger partial charge in [-0.05, 0) is 13.1 Å².